The highest BCUT2D eigenvalue weighted by molar-refractivity contribution is 5.84. The van der Waals surface area contributed by atoms with Gasteiger partial charge in [0.2, 0.25) is 0 Å². The number of hydrogen-bond acceptors (Lipinski definition) is 5. The van der Waals surface area contributed by atoms with Gasteiger partial charge in [0.25, 0.3) is 0 Å². The summed E-state index contributed by atoms with van der Waals surface area (Å²) in [4.78, 5) is 0. The van der Waals surface area contributed by atoms with Gasteiger partial charge in [-0.15, -0.1) is 0 Å². The molecule has 0 unspecified atom stereocenters. The molecule has 0 spiro atoms. The van der Waals surface area contributed by atoms with Gasteiger partial charge in [-0.1, -0.05) is 39.0 Å². The van der Waals surface area contributed by atoms with Crippen molar-refractivity contribution in [3.05, 3.63) is 36.0 Å². The Bertz CT molecular complexity index is 925. The molecule has 2 aromatic rings. The molecule has 4 aliphatic rings. The first kappa shape index (κ1) is 20.5. The molecule has 6 heteroatoms. The average Bonchev–Trinajstić information content (AvgIpc) is 3.09. The number of aliphatic hydroxyl groups excluding tert-OH is 3. The Morgan fingerprint density at radius 2 is 1.90 bits per heavy atom. The van der Waals surface area contributed by atoms with Crippen molar-refractivity contribution in [2.24, 2.45) is 23.2 Å². The van der Waals surface area contributed by atoms with Crippen molar-refractivity contribution < 1.29 is 20.1 Å². The molecular weight excluding hydrogens is 380 g/mol. The smallest absolute Gasteiger partial charge is 0.162 e. The molecule has 2 bridgehead atoms. The van der Waals surface area contributed by atoms with Crippen LogP contribution in [-0.2, 0) is 11.3 Å². The van der Waals surface area contributed by atoms with Gasteiger partial charge in [-0.05, 0) is 47.6 Å². The SMILES string of the molecule is C[C@@H]1[C@H]2C[C@@H](C[C@H]1NCc1cn([C@H]3OC[C@@H](O)[C@H](O)[C@H]3O)c3ccccc13)C2(C)C. The van der Waals surface area contributed by atoms with E-state index in [4.69, 9.17) is 4.74 Å². The predicted molar refractivity (Wildman–Crippen MR) is 115 cm³/mol. The van der Waals surface area contributed by atoms with Crippen molar-refractivity contribution in [2.75, 3.05) is 6.61 Å². The molecule has 1 aliphatic heterocycles. The van der Waals surface area contributed by atoms with Crippen molar-refractivity contribution in [3.8, 4) is 0 Å². The summed E-state index contributed by atoms with van der Waals surface area (Å²) in [5.41, 5.74) is 2.60. The highest BCUT2D eigenvalue weighted by Gasteiger charge is 2.56. The maximum absolute atomic E-state index is 10.5. The fourth-order valence-corrected chi connectivity index (χ4v) is 6.32. The van der Waals surface area contributed by atoms with Gasteiger partial charge in [0, 0.05) is 24.2 Å². The van der Waals surface area contributed by atoms with Crippen molar-refractivity contribution in [2.45, 2.75) is 70.7 Å². The van der Waals surface area contributed by atoms with Gasteiger partial charge in [-0.3, -0.25) is 0 Å². The molecule has 4 N–H and O–H groups in total. The van der Waals surface area contributed by atoms with Crippen LogP contribution < -0.4 is 5.32 Å². The lowest BCUT2D eigenvalue weighted by molar-refractivity contribution is -0.209. The van der Waals surface area contributed by atoms with Crippen molar-refractivity contribution in [1.82, 2.24) is 9.88 Å². The Labute approximate surface area is 177 Å². The van der Waals surface area contributed by atoms with Gasteiger partial charge in [-0.25, -0.2) is 0 Å². The van der Waals surface area contributed by atoms with E-state index in [9.17, 15) is 15.3 Å². The first-order valence-corrected chi connectivity index (χ1v) is 11.3. The van der Waals surface area contributed by atoms with Crippen molar-refractivity contribution >= 4 is 10.9 Å². The highest BCUT2D eigenvalue weighted by Crippen LogP contribution is 2.61. The summed E-state index contributed by atoms with van der Waals surface area (Å²) in [5.74, 6) is 2.28. The summed E-state index contributed by atoms with van der Waals surface area (Å²) in [5, 5.41) is 35.4. The largest absolute Gasteiger partial charge is 0.388 e. The minimum absolute atomic E-state index is 0.00113. The summed E-state index contributed by atoms with van der Waals surface area (Å²) in [6.45, 7) is 8.00. The Morgan fingerprint density at radius 3 is 2.63 bits per heavy atom. The summed E-state index contributed by atoms with van der Waals surface area (Å²) < 4.78 is 7.62. The van der Waals surface area contributed by atoms with Crippen LogP contribution in [0.1, 0.15) is 45.4 Å². The molecule has 6 rings (SSSR count). The molecule has 164 valence electrons. The van der Waals surface area contributed by atoms with Gasteiger partial charge in [0.15, 0.2) is 6.23 Å². The third-order valence-electron chi connectivity index (χ3n) is 8.48. The number of ether oxygens (including phenoxy) is 1. The number of aromatic nitrogens is 1. The first-order valence-electron chi connectivity index (χ1n) is 11.3. The van der Waals surface area contributed by atoms with Crippen LogP contribution in [-0.4, -0.2) is 50.8 Å². The number of hydrogen-bond donors (Lipinski definition) is 4. The quantitative estimate of drug-likeness (QED) is 0.617. The lowest BCUT2D eigenvalue weighted by Crippen LogP contribution is -2.59. The van der Waals surface area contributed by atoms with E-state index < -0.39 is 24.5 Å². The molecule has 8 atom stereocenters. The zero-order valence-electron chi connectivity index (χ0n) is 18.0. The topological polar surface area (TPSA) is 86.9 Å². The van der Waals surface area contributed by atoms with Gasteiger partial charge >= 0.3 is 0 Å². The summed E-state index contributed by atoms with van der Waals surface area (Å²) in [7, 11) is 0. The van der Waals surface area contributed by atoms with Gasteiger partial charge in [-0.2, -0.15) is 0 Å². The minimum Gasteiger partial charge on any atom is -0.388 e. The van der Waals surface area contributed by atoms with E-state index in [0.29, 0.717) is 17.4 Å². The summed E-state index contributed by atoms with van der Waals surface area (Å²) >= 11 is 0. The number of aliphatic hydroxyl groups is 3. The van der Waals surface area contributed by atoms with Crippen LogP contribution in [0.25, 0.3) is 10.9 Å². The third kappa shape index (κ3) is 3.04. The maximum Gasteiger partial charge on any atom is 0.162 e. The minimum atomic E-state index is -1.22. The van der Waals surface area contributed by atoms with Crippen LogP contribution in [0.4, 0.5) is 0 Å². The van der Waals surface area contributed by atoms with Crippen LogP contribution in [0.2, 0.25) is 0 Å². The monoisotopic (exact) mass is 414 g/mol. The van der Waals surface area contributed by atoms with Crippen LogP contribution in [0.5, 0.6) is 0 Å². The van der Waals surface area contributed by atoms with E-state index in [1.54, 1.807) is 0 Å². The molecule has 6 nitrogen and oxygen atoms in total. The maximum atomic E-state index is 10.5. The fourth-order valence-electron chi connectivity index (χ4n) is 6.32. The van der Waals surface area contributed by atoms with Gasteiger partial charge in [0.1, 0.15) is 18.3 Å². The van der Waals surface area contributed by atoms with E-state index in [1.165, 1.54) is 12.8 Å². The second kappa shape index (κ2) is 7.31. The van der Waals surface area contributed by atoms with Crippen LogP contribution >= 0.6 is 0 Å². The molecule has 2 heterocycles. The molecule has 1 aromatic heterocycles. The van der Waals surface area contributed by atoms with Crippen molar-refractivity contribution in [1.29, 1.82) is 0 Å². The Kier molecular flexibility index (Phi) is 4.99. The molecule has 0 amide bonds. The molecule has 1 aromatic carbocycles. The van der Waals surface area contributed by atoms with Crippen LogP contribution in [0, 0.1) is 23.2 Å². The Morgan fingerprint density at radius 1 is 1.13 bits per heavy atom. The second-order valence-corrected chi connectivity index (χ2v) is 10.3. The van der Waals surface area contributed by atoms with E-state index >= 15 is 0 Å². The molecule has 3 saturated carbocycles. The van der Waals surface area contributed by atoms with Crippen LogP contribution in [0.15, 0.2) is 30.5 Å². The normalized spacial score (nSPS) is 40.3. The predicted octanol–water partition coefficient (Wildman–Crippen LogP) is 2.41. The Hall–Kier alpha value is -1.44. The summed E-state index contributed by atoms with van der Waals surface area (Å²) in [6, 6.07) is 8.61. The number of benzene rings is 1. The number of para-hydroxylation sites is 1. The zero-order valence-corrected chi connectivity index (χ0v) is 18.0. The van der Waals surface area contributed by atoms with E-state index in [0.717, 1.165) is 34.8 Å². The van der Waals surface area contributed by atoms with Gasteiger partial charge in [0.05, 0.1) is 12.1 Å². The fraction of sp³-hybridized carbons (Fsp3) is 0.667. The molecular formula is C24H34N2O4. The first-order chi connectivity index (χ1) is 14.3. The molecule has 0 radical (unpaired) electrons. The van der Waals surface area contributed by atoms with E-state index in [2.05, 4.69) is 32.2 Å². The average molecular weight is 415 g/mol. The molecule has 3 aliphatic carbocycles. The number of fused-ring (bicyclic) bond motifs is 3. The number of rotatable bonds is 4. The van der Waals surface area contributed by atoms with Crippen LogP contribution in [0.3, 0.4) is 0 Å². The molecule has 30 heavy (non-hydrogen) atoms. The molecule has 4 fully saturated rings. The lowest BCUT2D eigenvalue weighted by atomic mass is 9.45. The standard InChI is InChI=1S/C24H34N2O4/c1-13-17-8-15(24(17,2)3)9-18(13)25-10-14-11-26(19-7-5-4-6-16(14)19)23-22(29)21(28)20(27)12-30-23/h4-7,11,13,15,17-18,20-23,25,27-29H,8-10,12H2,1-3H3/t13-,15+,17-,18-,20-,21+,22-,23+/m1/s1. The van der Waals surface area contributed by atoms with E-state index in [1.807, 2.05) is 29.0 Å². The Balaban J connectivity index is 1.37. The van der Waals surface area contributed by atoms with Gasteiger partial charge < -0.3 is 29.9 Å². The third-order valence-corrected chi connectivity index (χ3v) is 8.48. The number of nitrogens with zero attached hydrogens (tertiary/aromatic N) is 1. The summed E-state index contributed by atoms with van der Waals surface area (Å²) in [6.07, 6.45) is 0.442. The highest BCUT2D eigenvalue weighted by atomic mass is 16.5. The van der Waals surface area contributed by atoms with Crippen molar-refractivity contribution in [3.63, 3.8) is 0 Å². The zero-order chi connectivity index (χ0) is 21.2. The second-order valence-electron chi connectivity index (χ2n) is 10.3. The lowest BCUT2D eigenvalue weighted by Gasteiger charge is -2.62. The van der Waals surface area contributed by atoms with E-state index in [-0.39, 0.29) is 6.61 Å². The number of nitrogens with one attached hydrogen (secondary N) is 1. The molecule has 1 saturated heterocycles.